The lowest BCUT2D eigenvalue weighted by atomic mass is 10.1. The quantitative estimate of drug-likeness (QED) is 0.918. The molecule has 100 valence electrons. The number of rotatable bonds is 4. The number of ether oxygens (including phenoxy) is 1. The van der Waals surface area contributed by atoms with Crippen LogP contribution < -0.4 is 10.5 Å². The van der Waals surface area contributed by atoms with Crippen molar-refractivity contribution < 1.29 is 9.13 Å². The number of nitrogens with two attached hydrogens (primary N) is 1. The molecule has 0 aliphatic rings. The number of benzene rings is 2. The maximum atomic E-state index is 13.0. The molecule has 19 heavy (non-hydrogen) atoms. The van der Waals surface area contributed by atoms with Crippen LogP contribution in [0.4, 0.5) is 4.39 Å². The van der Waals surface area contributed by atoms with Crippen LogP contribution in [0.1, 0.15) is 11.7 Å². The van der Waals surface area contributed by atoms with Crippen molar-refractivity contribution in [2.45, 2.75) is 6.10 Å². The first kappa shape index (κ1) is 14.1. The third-order valence-corrected chi connectivity index (χ3v) is 3.17. The van der Waals surface area contributed by atoms with Gasteiger partial charge in [-0.3, -0.25) is 0 Å². The highest BCUT2D eigenvalue weighted by Gasteiger charge is 2.13. The molecule has 0 bridgehead atoms. The summed E-state index contributed by atoms with van der Waals surface area (Å²) in [5, 5.41) is 0.853. The van der Waals surface area contributed by atoms with Crippen molar-refractivity contribution in [1.82, 2.24) is 0 Å². The summed E-state index contributed by atoms with van der Waals surface area (Å²) in [6.45, 7) is 0.273. The highest BCUT2D eigenvalue weighted by atomic mass is 35.5. The molecule has 0 spiro atoms. The molecule has 1 atom stereocenters. The minimum absolute atomic E-state index is 0.215. The smallest absolute Gasteiger partial charge is 0.139 e. The second kappa shape index (κ2) is 6.24. The Morgan fingerprint density at radius 1 is 1.11 bits per heavy atom. The molecule has 2 aromatic rings. The largest absolute Gasteiger partial charge is 0.483 e. The first-order chi connectivity index (χ1) is 9.10. The van der Waals surface area contributed by atoms with Gasteiger partial charge >= 0.3 is 0 Å². The molecular formula is C14H12Cl2FNO. The lowest BCUT2D eigenvalue weighted by Crippen LogP contribution is -2.18. The van der Waals surface area contributed by atoms with Crippen molar-refractivity contribution >= 4 is 23.2 Å². The monoisotopic (exact) mass is 299 g/mol. The second-order valence-corrected chi connectivity index (χ2v) is 4.81. The van der Waals surface area contributed by atoms with Gasteiger partial charge in [0, 0.05) is 11.6 Å². The summed E-state index contributed by atoms with van der Waals surface area (Å²) in [5.41, 5.74) is 6.58. The second-order valence-electron chi connectivity index (χ2n) is 3.97. The zero-order valence-electron chi connectivity index (χ0n) is 9.95. The standard InChI is InChI=1S/C14H12Cl2FNO/c15-10-3-1-9(2-4-10)14(8-18)19-13-6-5-11(17)7-12(13)16/h1-7,14H,8,18H2. The summed E-state index contributed by atoms with van der Waals surface area (Å²) < 4.78 is 18.7. The van der Waals surface area contributed by atoms with Gasteiger partial charge in [0.25, 0.3) is 0 Å². The van der Waals surface area contributed by atoms with E-state index in [0.29, 0.717) is 10.8 Å². The molecule has 0 saturated carbocycles. The highest BCUT2D eigenvalue weighted by molar-refractivity contribution is 6.32. The SMILES string of the molecule is NCC(Oc1ccc(F)cc1Cl)c1ccc(Cl)cc1. The third kappa shape index (κ3) is 3.60. The van der Waals surface area contributed by atoms with Crippen LogP contribution >= 0.6 is 23.2 Å². The van der Waals surface area contributed by atoms with Crippen LogP contribution in [0.5, 0.6) is 5.75 Å². The van der Waals surface area contributed by atoms with Crippen LogP contribution in [-0.4, -0.2) is 6.54 Å². The number of halogens is 3. The molecule has 1 unspecified atom stereocenters. The third-order valence-electron chi connectivity index (χ3n) is 2.62. The molecule has 0 aliphatic heterocycles. The molecule has 0 aliphatic carbocycles. The summed E-state index contributed by atoms with van der Waals surface area (Å²) in [6.07, 6.45) is -0.361. The zero-order chi connectivity index (χ0) is 13.8. The summed E-state index contributed by atoms with van der Waals surface area (Å²) in [7, 11) is 0. The maximum Gasteiger partial charge on any atom is 0.139 e. The maximum absolute atomic E-state index is 13.0. The van der Waals surface area contributed by atoms with E-state index < -0.39 is 5.82 Å². The molecule has 0 fully saturated rings. The molecule has 2 nitrogen and oxygen atoms in total. The Morgan fingerprint density at radius 3 is 2.37 bits per heavy atom. The molecule has 2 aromatic carbocycles. The fourth-order valence-corrected chi connectivity index (χ4v) is 1.99. The van der Waals surface area contributed by atoms with Gasteiger partial charge in [-0.15, -0.1) is 0 Å². The highest BCUT2D eigenvalue weighted by Crippen LogP contribution is 2.29. The summed E-state index contributed by atoms with van der Waals surface area (Å²) in [4.78, 5) is 0. The van der Waals surface area contributed by atoms with Crippen LogP contribution in [0.2, 0.25) is 10.0 Å². The normalized spacial score (nSPS) is 12.2. The molecular weight excluding hydrogens is 288 g/mol. The van der Waals surface area contributed by atoms with Crippen molar-refractivity contribution in [2.75, 3.05) is 6.54 Å². The first-order valence-corrected chi connectivity index (χ1v) is 6.43. The van der Waals surface area contributed by atoms with Gasteiger partial charge in [-0.1, -0.05) is 35.3 Å². The van der Waals surface area contributed by atoms with E-state index >= 15 is 0 Å². The van der Waals surface area contributed by atoms with Crippen molar-refractivity contribution in [3.63, 3.8) is 0 Å². The van der Waals surface area contributed by atoms with Crippen LogP contribution in [0.3, 0.4) is 0 Å². The Hall–Kier alpha value is -1.29. The Kier molecular flexibility index (Phi) is 4.64. The van der Waals surface area contributed by atoms with E-state index in [2.05, 4.69) is 0 Å². The van der Waals surface area contributed by atoms with Crippen LogP contribution in [0.25, 0.3) is 0 Å². The van der Waals surface area contributed by atoms with E-state index in [9.17, 15) is 4.39 Å². The van der Waals surface area contributed by atoms with E-state index in [4.69, 9.17) is 33.7 Å². The van der Waals surface area contributed by atoms with Crippen molar-refractivity contribution in [2.24, 2.45) is 5.73 Å². The van der Waals surface area contributed by atoms with Gasteiger partial charge in [-0.25, -0.2) is 4.39 Å². The van der Waals surface area contributed by atoms with Crippen LogP contribution in [0.15, 0.2) is 42.5 Å². The van der Waals surface area contributed by atoms with Gasteiger partial charge in [0.15, 0.2) is 0 Å². The average Bonchev–Trinajstić information content (AvgIpc) is 2.39. The molecule has 0 amide bonds. The van der Waals surface area contributed by atoms with Crippen molar-refractivity contribution in [3.8, 4) is 5.75 Å². The predicted molar refractivity (Wildman–Crippen MR) is 75.3 cm³/mol. The van der Waals surface area contributed by atoms with E-state index in [-0.39, 0.29) is 17.7 Å². The van der Waals surface area contributed by atoms with E-state index in [1.54, 1.807) is 12.1 Å². The van der Waals surface area contributed by atoms with E-state index in [1.807, 2.05) is 12.1 Å². The van der Waals surface area contributed by atoms with E-state index in [0.717, 1.165) is 5.56 Å². The molecule has 0 heterocycles. The zero-order valence-corrected chi connectivity index (χ0v) is 11.5. The van der Waals surface area contributed by atoms with Crippen LogP contribution in [-0.2, 0) is 0 Å². The van der Waals surface area contributed by atoms with Gasteiger partial charge in [0.2, 0.25) is 0 Å². The Morgan fingerprint density at radius 2 is 1.79 bits per heavy atom. The minimum atomic E-state index is -0.409. The summed E-state index contributed by atoms with van der Waals surface area (Å²) in [5.74, 6) is -0.0124. The lowest BCUT2D eigenvalue weighted by molar-refractivity contribution is 0.214. The minimum Gasteiger partial charge on any atom is -0.483 e. The predicted octanol–water partition coefficient (Wildman–Crippen LogP) is 4.21. The number of hydrogen-bond acceptors (Lipinski definition) is 2. The van der Waals surface area contributed by atoms with Gasteiger partial charge in [0.1, 0.15) is 17.7 Å². The first-order valence-electron chi connectivity index (χ1n) is 5.67. The Bertz CT molecular complexity index is 560. The fraction of sp³-hybridized carbons (Fsp3) is 0.143. The average molecular weight is 300 g/mol. The van der Waals surface area contributed by atoms with Crippen molar-refractivity contribution in [3.05, 3.63) is 63.9 Å². The lowest BCUT2D eigenvalue weighted by Gasteiger charge is -2.18. The topological polar surface area (TPSA) is 35.2 Å². The van der Waals surface area contributed by atoms with E-state index in [1.165, 1.54) is 18.2 Å². The van der Waals surface area contributed by atoms with Gasteiger partial charge in [-0.2, -0.15) is 0 Å². The van der Waals surface area contributed by atoms with Gasteiger partial charge in [-0.05, 0) is 35.9 Å². The van der Waals surface area contributed by atoms with Crippen LogP contribution in [0, 0.1) is 5.82 Å². The van der Waals surface area contributed by atoms with Gasteiger partial charge in [0.05, 0.1) is 5.02 Å². The fourth-order valence-electron chi connectivity index (χ4n) is 1.65. The Labute approximate surface area is 120 Å². The van der Waals surface area contributed by atoms with Crippen molar-refractivity contribution in [1.29, 1.82) is 0 Å². The molecule has 5 heteroatoms. The number of hydrogen-bond donors (Lipinski definition) is 1. The molecule has 0 saturated heterocycles. The molecule has 2 rings (SSSR count). The summed E-state index contributed by atoms with van der Waals surface area (Å²) >= 11 is 11.7. The molecule has 0 aromatic heterocycles. The molecule has 2 N–H and O–H groups in total. The Balaban J connectivity index is 2.21. The van der Waals surface area contributed by atoms with Gasteiger partial charge < -0.3 is 10.5 Å². The molecule has 0 radical (unpaired) electrons. The summed E-state index contributed by atoms with van der Waals surface area (Å²) in [6, 6.07) is 11.2.